The number of likely N-dealkylation sites (tertiary alicyclic amines) is 1. The second kappa shape index (κ2) is 11.1. The van der Waals surface area contributed by atoms with E-state index in [9.17, 15) is 8.42 Å². The molecule has 1 unspecified atom stereocenters. The van der Waals surface area contributed by atoms with Crippen molar-refractivity contribution in [3.63, 3.8) is 0 Å². The molecule has 1 saturated heterocycles. The summed E-state index contributed by atoms with van der Waals surface area (Å²) < 4.78 is 27.1. The van der Waals surface area contributed by atoms with Gasteiger partial charge in [-0.05, 0) is 44.5 Å². The van der Waals surface area contributed by atoms with Crippen LogP contribution in [0.2, 0.25) is 0 Å². The van der Waals surface area contributed by atoms with E-state index in [1.165, 1.54) is 35.0 Å². The van der Waals surface area contributed by atoms with Gasteiger partial charge in [-0.15, -0.1) is 11.3 Å². The molecular weight excluding hydrogens is 394 g/mol. The van der Waals surface area contributed by atoms with Crippen LogP contribution in [-0.4, -0.2) is 75.9 Å². The molecule has 0 aliphatic carbocycles. The van der Waals surface area contributed by atoms with Crippen LogP contribution in [0.25, 0.3) is 0 Å². The fraction of sp³-hybridized carbons (Fsp3) is 0.737. The van der Waals surface area contributed by atoms with Crippen molar-refractivity contribution in [2.24, 2.45) is 4.99 Å². The highest BCUT2D eigenvalue weighted by Crippen LogP contribution is 2.25. The third-order valence-corrected chi connectivity index (χ3v) is 8.90. The molecule has 1 aliphatic heterocycles. The van der Waals surface area contributed by atoms with Crippen molar-refractivity contribution in [2.45, 2.75) is 50.3 Å². The number of hydrogen-bond donors (Lipinski definition) is 2. The van der Waals surface area contributed by atoms with Gasteiger partial charge in [0, 0.05) is 44.1 Å². The number of aliphatic imine (C=N–C) groups is 1. The third kappa shape index (κ3) is 5.92. The van der Waals surface area contributed by atoms with Crippen LogP contribution in [0.4, 0.5) is 0 Å². The van der Waals surface area contributed by atoms with E-state index in [-0.39, 0.29) is 0 Å². The van der Waals surface area contributed by atoms with Crippen molar-refractivity contribution >= 4 is 27.3 Å². The molecule has 2 N–H and O–H groups in total. The summed E-state index contributed by atoms with van der Waals surface area (Å²) >= 11 is 1.36. The van der Waals surface area contributed by atoms with Crippen LogP contribution >= 0.6 is 11.3 Å². The zero-order valence-corrected chi connectivity index (χ0v) is 19.2. The second-order valence-electron chi connectivity index (χ2n) is 6.86. The zero-order chi connectivity index (χ0) is 20.6. The Bertz CT molecular complexity index is 728. The molecule has 2 heterocycles. The van der Waals surface area contributed by atoms with Gasteiger partial charge in [0.2, 0.25) is 0 Å². The van der Waals surface area contributed by atoms with Gasteiger partial charge in [-0.2, -0.15) is 4.31 Å². The van der Waals surface area contributed by atoms with Gasteiger partial charge in [0.15, 0.2) is 5.96 Å². The van der Waals surface area contributed by atoms with E-state index in [1.54, 1.807) is 13.1 Å². The number of likely N-dealkylation sites (N-methyl/N-ethyl adjacent to an activating group) is 1. The van der Waals surface area contributed by atoms with E-state index in [2.05, 4.69) is 27.4 Å². The molecule has 1 fully saturated rings. The molecule has 160 valence electrons. The molecule has 0 spiro atoms. The lowest BCUT2D eigenvalue weighted by Gasteiger charge is -2.23. The van der Waals surface area contributed by atoms with Crippen LogP contribution in [0.5, 0.6) is 0 Å². The lowest BCUT2D eigenvalue weighted by Crippen LogP contribution is -2.45. The number of thiophene rings is 1. The molecule has 1 atom stereocenters. The predicted molar refractivity (Wildman–Crippen MR) is 118 cm³/mol. The fourth-order valence-electron chi connectivity index (χ4n) is 3.60. The van der Waals surface area contributed by atoms with Crippen LogP contribution in [-0.2, 0) is 16.4 Å². The summed E-state index contributed by atoms with van der Waals surface area (Å²) in [6, 6.07) is 4.21. The van der Waals surface area contributed by atoms with Gasteiger partial charge in [0.05, 0.1) is 0 Å². The average molecular weight is 430 g/mol. The molecule has 0 radical (unpaired) electrons. The standard InChI is InChI=1S/C19H35N5O2S2/c1-5-23-14-8-9-16(23)15-22-19(20-4)21-13-12-17-10-11-18(27-17)28(25,26)24(6-2)7-3/h10-11,16H,5-9,12-15H2,1-4H3,(H2,20,21,22). The molecule has 1 aromatic heterocycles. The van der Waals surface area contributed by atoms with Gasteiger partial charge in [0.1, 0.15) is 4.21 Å². The van der Waals surface area contributed by atoms with Gasteiger partial charge in [0.25, 0.3) is 10.0 Å². The van der Waals surface area contributed by atoms with E-state index < -0.39 is 10.0 Å². The smallest absolute Gasteiger partial charge is 0.252 e. The van der Waals surface area contributed by atoms with Crippen molar-refractivity contribution in [3.8, 4) is 0 Å². The van der Waals surface area contributed by atoms with Crippen molar-refractivity contribution in [3.05, 3.63) is 17.0 Å². The highest BCUT2D eigenvalue weighted by Gasteiger charge is 2.24. The van der Waals surface area contributed by atoms with Gasteiger partial charge in [-0.3, -0.25) is 9.89 Å². The van der Waals surface area contributed by atoms with Crippen LogP contribution < -0.4 is 10.6 Å². The Hall–Kier alpha value is -1.16. The first-order valence-electron chi connectivity index (χ1n) is 10.2. The summed E-state index contributed by atoms with van der Waals surface area (Å²) in [5.41, 5.74) is 0. The Balaban J connectivity index is 1.81. The topological polar surface area (TPSA) is 77.0 Å². The molecular formula is C19H35N5O2S2. The predicted octanol–water partition coefficient (Wildman–Crippen LogP) is 1.97. The zero-order valence-electron chi connectivity index (χ0n) is 17.6. The lowest BCUT2D eigenvalue weighted by molar-refractivity contribution is 0.267. The van der Waals surface area contributed by atoms with E-state index in [0.29, 0.717) is 29.9 Å². The van der Waals surface area contributed by atoms with E-state index in [0.717, 1.165) is 30.3 Å². The van der Waals surface area contributed by atoms with E-state index >= 15 is 0 Å². The molecule has 9 heteroatoms. The molecule has 7 nitrogen and oxygen atoms in total. The summed E-state index contributed by atoms with van der Waals surface area (Å²) in [7, 11) is -1.58. The molecule has 1 aliphatic rings. The SMILES string of the molecule is CCN1CCCC1CNC(=NC)NCCc1ccc(S(=O)(=O)N(CC)CC)s1. The maximum Gasteiger partial charge on any atom is 0.252 e. The maximum absolute atomic E-state index is 12.6. The number of guanidine groups is 1. The quantitative estimate of drug-likeness (QED) is 0.439. The Morgan fingerprint density at radius 2 is 2.04 bits per heavy atom. The number of nitrogens with zero attached hydrogens (tertiary/aromatic N) is 3. The first kappa shape index (κ1) is 23.1. The van der Waals surface area contributed by atoms with Crippen LogP contribution in [0.1, 0.15) is 38.5 Å². The van der Waals surface area contributed by atoms with Crippen molar-refractivity contribution in [1.82, 2.24) is 19.8 Å². The van der Waals surface area contributed by atoms with Gasteiger partial charge >= 0.3 is 0 Å². The van der Waals surface area contributed by atoms with E-state index in [4.69, 9.17) is 0 Å². The minimum absolute atomic E-state index is 0.426. The first-order chi connectivity index (χ1) is 13.5. The molecule has 0 bridgehead atoms. The first-order valence-corrected chi connectivity index (χ1v) is 12.5. The summed E-state index contributed by atoms with van der Waals surface area (Å²) in [6.07, 6.45) is 3.27. The summed E-state index contributed by atoms with van der Waals surface area (Å²) in [4.78, 5) is 7.86. The Labute approximate surface area is 174 Å². The molecule has 2 rings (SSSR count). The van der Waals surface area contributed by atoms with E-state index in [1.807, 2.05) is 19.9 Å². The second-order valence-corrected chi connectivity index (χ2v) is 10.2. The molecule has 1 aromatic rings. The molecule has 28 heavy (non-hydrogen) atoms. The number of sulfonamides is 1. The molecule has 0 aromatic carbocycles. The summed E-state index contributed by atoms with van der Waals surface area (Å²) in [5.74, 6) is 0.801. The van der Waals surface area contributed by atoms with Gasteiger partial charge in [-0.25, -0.2) is 8.42 Å². The van der Waals surface area contributed by atoms with Crippen molar-refractivity contribution in [2.75, 3.05) is 46.3 Å². The Kier molecular flexibility index (Phi) is 9.20. The minimum Gasteiger partial charge on any atom is -0.356 e. The average Bonchev–Trinajstić information content (AvgIpc) is 3.34. The van der Waals surface area contributed by atoms with Gasteiger partial charge < -0.3 is 10.6 Å². The molecule has 0 saturated carbocycles. The maximum atomic E-state index is 12.6. The van der Waals surface area contributed by atoms with Crippen LogP contribution in [0.3, 0.4) is 0 Å². The minimum atomic E-state index is -3.36. The van der Waals surface area contributed by atoms with Crippen molar-refractivity contribution < 1.29 is 8.42 Å². The summed E-state index contributed by atoms with van der Waals surface area (Å²) in [6.45, 7) is 10.8. The van der Waals surface area contributed by atoms with Crippen LogP contribution in [0, 0.1) is 0 Å². The molecule has 0 amide bonds. The van der Waals surface area contributed by atoms with Crippen molar-refractivity contribution in [1.29, 1.82) is 0 Å². The highest BCUT2D eigenvalue weighted by molar-refractivity contribution is 7.91. The lowest BCUT2D eigenvalue weighted by atomic mass is 10.2. The Morgan fingerprint density at radius 3 is 2.68 bits per heavy atom. The normalized spacial score (nSPS) is 18.8. The fourth-order valence-corrected chi connectivity index (χ4v) is 6.57. The highest BCUT2D eigenvalue weighted by atomic mass is 32.2. The van der Waals surface area contributed by atoms with Crippen LogP contribution in [0.15, 0.2) is 21.3 Å². The number of nitrogens with one attached hydrogen (secondary N) is 2. The van der Waals surface area contributed by atoms with Gasteiger partial charge in [-0.1, -0.05) is 20.8 Å². The Morgan fingerprint density at radius 1 is 1.29 bits per heavy atom. The largest absolute Gasteiger partial charge is 0.356 e. The monoisotopic (exact) mass is 429 g/mol. The third-order valence-electron chi connectivity index (χ3n) is 5.23. The summed E-state index contributed by atoms with van der Waals surface area (Å²) in [5, 5.41) is 6.75. The number of rotatable bonds is 10. The number of hydrogen-bond acceptors (Lipinski definition) is 5.